The molecular formula is C17H16ClN5O3. The molecule has 26 heavy (non-hydrogen) atoms. The Kier molecular flexibility index (Phi) is 4.68. The van der Waals surface area contributed by atoms with Gasteiger partial charge in [0.2, 0.25) is 0 Å². The van der Waals surface area contributed by atoms with Crippen molar-refractivity contribution in [3.8, 4) is 0 Å². The summed E-state index contributed by atoms with van der Waals surface area (Å²) in [6.07, 6.45) is 2.31. The van der Waals surface area contributed by atoms with E-state index < -0.39 is 6.09 Å². The number of H-pyrrole nitrogens is 1. The molecule has 1 saturated heterocycles. The van der Waals surface area contributed by atoms with Crippen molar-refractivity contribution in [3.63, 3.8) is 0 Å². The molecule has 0 radical (unpaired) electrons. The van der Waals surface area contributed by atoms with Crippen molar-refractivity contribution < 1.29 is 14.3 Å². The van der Waals surface area contributed by atoms with Gasteiger partial charge in [-0.1, -0.05) is 29.8 Å². The van der Waals surface area contributed by atoms with E-state index in [-0.39, 0.29) is 12.7 Å². The van der Waals surface area contributed by atoms with Gasteiger partial charge in [-0.25, -0.2) is 19.7 Å². The number of ether oxygens (including phenoxy) is 2. The fourth-order valence-corrected chi connectivity index (χ4v) is 2.95. The zero-order valence-corrected chi connectivity index (χ0v) is 14.5. The highest BCUT2D eigenvalue weighted by Gasteiger charge is 2.28. The molecule has 9 heteroatoms. The van der Waals surface area contributed by atoms with Gasteiger partial charge in [0.25, 0.3) is 0 Å². The van der Waals surface area contributed by atoms with Crippen LogP contribution in [0.3, 0.4) is 0 Å². The highest BCUT2D eigenvalue weighted by molar-refractivity contribution is 6.31. The van der Waals surface area contributed by atoms with Crippen LogP contribution in [0.15, 0.2) is 36.8 Å². The number of benzene rings is 1. The molecule has 0 saturated carbocycles. The average Bonchev–Trinajstić information content (AvgIpc) is 3.11. The van der Waals surface area contributed by atoms with E-state index in [9.17, 15) is 4.79 Å². The van der Waals surface area contributed by atoms with Gasteiger partial charge in [0.05, 0.1) is 19.3 Å². The first-order valence-electron chi connectivity index (χ1n) is 8.13. The van der Waals surface area contributed by atoms with Crippen molar-refractivity contribution in [2.75, 3.05) is 19.7 Å². The lowest BCUT2D eigenvalue weighted by Gasteiger charge is -2.31. The van der Waals surface area contributed by atoms with E-state index in [1.54, 1.807) is 17.2 Å². The first-order chi connectivity index (χ1) is 12.7. The summed E-state index contributed by atoms with van der Waals surface area (Å²) >= 11 is 6.09. The van der Waals surface area contributed by atoms with E-state index in [1.807, 2.05) is 18.2 Å². The number of carbonyl (C=O) groups excluding carboxylic acids is 1. The normalized spacial score (nSPS) is 17.4. The molecule has 1 aromatic carbocycles. The molecule has 0 bridgehead atoms. The Bertz CT molecular complexity index is 898. The highest BCUT2D eigenvalue weighted by atomic mass is 35.5. The van der Waals surface area contributed by atoms with Crippen LogP contribution in [-0.2, 0) is 16.1 Å². The summed E-state index contributed by atoms with van der Waals surface area (Å²) in [5, 5.41) is 0.573. The van der Waals surface area contributed by atoms with Crippen molar-refractivity contribution in [1.82, 2.24) is 24.8 Å². The smallest absolute Gasteiger partial charge is 0.410 e. The second-order valence-corrected chi connectivity index (χ2v) is 6.24. The summed E-state index contributed by atoms with van der Waals surface area (Å²) in [5.41, 5.74) is 2.06. The molecule has 1 unspecified atom stereocenters. The molecule has 1 fully saturated rings. The van der Waals surface area contributed by atoms with Crippen LogP contribution in [0, 0.1) is 0 Å². The molecule has 4 rings (SSSR count). The molecule has 8 nitrogen and oxygen atoms in total. The van der Waals surface area contributed by atoms with Gasteiger partial charge in [-0.05, 0) is 6.07 Å². The van der Waals surface area contributed by atoms with Crippen LogP contribution in [0.2, 0.25) is 5.02 Å². The van der Waals surface area contributed by atoms with Crippen molar-refractivity contribution >= 4 is 28.9 Å². The first-order valence-corrected chi connectivity index (χ1v) is 8.51. The van der Waals surface area contributed by atoms with Gasteiger partial charge in [0.15, 0.2) is 5.65 Å². The number of hydrogen-bond acceptors (Lipinski definition) is 6. The van der Waals surface area contributed by atoms with Crippen molar-refractivity contribution in [2.24, 2.45) is 0 Å². The molecular weight excluding hydrogens is 358 g/mol. The quantitative estimate of drug-likeness (QED) is 0.758. The number of halogens is 1. The Balaban J connectivity index is 1.41. The van der Waals surface area contributed by atoms with E-state index >= 15 is 0 Å². The predicted molar refractivity (Wildman–Crippen MR) is 93.6 cm³/mol. The third-order valence-electron chi connectivity index (χ3n) is 4.12. The second-order valence-electron chi connectivity index (χ2n) is 5.83. The van der Waals surface area contributed by atoms with E-state index in [1.165, 1.54) is 6.33 Å². The van der Waals surface area contributed by atoms with Gasteiger partial charge >= 0.3 is 6.09 Å². The van der Waals surface area contributed by atoms with Gasteiger partial charge in [-0.2, -0.15) is 0 Å². The van der Waals surface area contributed by atoms with E-state index in [0.717, 1.165) is 11.1 Å². The second kappa shape index (κ2) is 7.27. The van der Waals surface area contributed by atoms with Crippen LogP contribution < -0.4 is 0 Å². The molecule has 1 aliphatic rings. The standard InChI is InChI=1S/C17H16ClN5O3/c18-12-4-2-1-3-11(12)9-26-17(24)23-5-6-25-14(8-23)16-21-13-7-19-10-20-15(13)22-16/h1-4,7,10,14H,5-6,8-9H2,(H,19,20,21,22). The first kappa shape index (κ1) is 16.7. The molecule has 1 atom stereocenters. The van der Waals surface area contributed by atoms with Crippen LogP contribution in [0.4, 0.5) is 4.79 Å². The number of rotatable bonds is 3. The maximum Gasteiger partial charge on any atom is 0.410 e. The maximum atomic E-state index is 12.4. The van der Waals surface area contributed by atoms with Gasteiger partial charge in [0, 0.05) is 17.1 Å². The maximum absolute atomic E-state index is 12.4. The van der Waals surface area contributed by atoms with E-state index in [2.05, 4.69) is 19.9 Å². The SMILES string of the molecule is O=C(OCc1ccccc1Cl)N1CCOC(c2nc3ncncc3[nH]2)C1. The Hall–Kier alpha value is -2.71. The number of aromatic nitrogens is 4. The molecule has 3 heterocycles. The number of morpholine rings is 1. The number of fused-ring (bicyclic) bond motifs is 1. The lowest BCUT2D eigenvalue weighted by Crippen LogP contribution is -2.42. The Morgan fingerprint density at radius 2 is 2.31 bits per heavy atom. The number of aromatic amines is 1. The van der Waals surface area contributed by atoms with Crippen LogP contribution in [0.1, 0.15) is 17.5 Å². The Morgan fingerprint density at radius 1 is 1.42 bits per heavy atom. The van der Waals surface area contributed by atoms with Crippen molar-refractivity contribution in [2.45, 2.75) is 12.7 Å². The third-order valence-corrected chi connectivity index (χ3v) is 4.49. The van der Waals surface area contributed by atoms with Crippen LogP contribution in [-0.4, -0.2) is 50.6 Å². The molecule has 134 valence electrons. The zero-order chi connectivity index (χ0) is 17.9. The van der Waals surface area contributed by atoms with Gasteiger partial charge in [0.1, 0.15) is 30.4 Å². The summed E-state index contributed by atoms with van der Waals surface area (Å²) in [6, 6.07) is 7.27. The average molecular weight is 374 g/mol. The number of imidazole rings is 1. The fourth-order valence-electron chi connectivity index (χ4n) is 2.76. The third kappa shape index (κ3) is 3.47. The van der Waals surface area contributed by atoms with Gasteiger partial charge < -0.3 is 19.4 Å². The summed E-state index contributed by atoms with van der Waals surface area (Å²) in [7, 11) is 0. The highest BCUT2D eigenvalue weighted by Crippen LogP contribution is 2.22. The number of amides is 1. The molecule has 1 N–H and O–H groups in total. The van der Waals surface area contributed by atoms with E-state index in [0.29, 0.717) is 36.2 Å². The lowest BCUT2D eigenvalue weighted by atomic mass is 10.2. The van der Waals surface area contributed by atoms with Crippen molar-refractivity contribution in [3.05, 3.63) is 53.2 Å². The number of hydrogen-bond donors (Lipinski definition) is 1. The minimum Gasteiger partial charge on any atom is -0.444 e. The monoisotopic (exact) mass is 373 g/mol. The minimum atomic E-state index is -0.408. The summed E-state index contributed by atoms with van der Waals surface area (Å²) in [6.45, 7) is 1.32. The summed E-state index contributed by atoms with van der Waals surface area (Å²) in [4.78, 5) is 29.6. The van der Waals surface area contributed by atoms with Crippen molar-refractivity contribution in [1.29, 1.82) is 0 Å². The Morgan fingerprint density at radius 3 is 3.15 bits per heavy atom. The largest absolute Gasteiger partial charge is 0.444 e. The number of nitrogens with one attached hydrogen (secondary N) is 1. The molecule has 1 amide bonds. The molecule has 1 aliphatic heterocycles. The van der Waals surface area contributed by atoms with Gasteiger partial charge in [-0.3, -0.25) is 0 Å². The number of carbonyl (C=O) groups is 1. The predicted octanol–water partition coefficient (Wildman–Crippen LogP) is 2.72. The molecule has 3 aromatic rings. The lowest BCUT2D eigenvalue weighted by molar-refractivity contribution is -0.0330. The molecule has 0 spiro atoms. The topological polar surface area (TPSA) is 93.2 Å². The minimum absolute atomic E-state index is 0.126. The number of nitrogens with zero attached hydrogens (tertiary/aromatic N) is 4. The van der Waals surface area contributed by atoms with Crippen LogP contribution >= 0.6 is 11.6 Å². The van der Waals surface area contributed by atoms with E-state index in [4.69, 9.17) is 21.1 Å². The summed E-state index contributed by atoms with van der Waals surface area (Å²) in [5.74, 6) is 0.615. The summed E-state index contributed by atoms with van der Waals surface area (Å²) < 4.78 is 11.1. The Labute approximate surface area is 154 Å². The van der Waals surface area contributed by atoms with Crippen LogP contribution in [0.25, 0.3) is 11.2 Å². The zero-order valence-electron chi connectivity index (χ0n) is 13.8. The fraction of sp³-hybridized carbons (Fsp3) is 0.294. The molecule has 2 aromatic heterocycles. The molecule has 0 aliphatic carbocycles. The van der Waals surface area contributed by atoms with Gasteiger partial charge in [-0.15, -0.1) is 0 Å². The van der Waals surface area contributed by atoms with Crippen LogP contribution in [0.5, 0.6) is 0 Å².